The maximum absolute atomic E-state index is 5.91. The summed E-state index contributed by atoms with van der Waals surface area (Å²) in [4.78, 5) is 4.39. The van der Waals surface area contributed by atoms with Crippen molar-refractivity contribution in [2.75, 3.05) is 0 Å². The second-order valence-electron chi connectivity index (χ2n) is 3.53. The summed E-state index contributed by atoms with van der Waals surface area (Å²) in [6, 6.07) is 5.89. The molecule has 0 spiro atoms. The second-order valence-corrected chi connectivity index (χ2v) is 3.96. The van der Waals surface area contributed by atoms with Crippen LogP contribution in [0.5, 0.6) is 0 Å². The van der Waals surface area contributed by atoms with Gasteiger partial charge in [-0.05, 0) is 23.3 Å². The maximum Gasteiger partial charge on any atom is 0.0720 e. The van der Waals surface area contributed by atoms with E-state index in [0.29, 0.717) is 0 Å². The number of nitrogens with zero attached hydrogens (tertiary/aromatic N) is 1. The normalized spacial score (nSPS) is 14.6. The lowest BCUT2D eigenvalue weighted by atomic mass is 10.1. The van der Waals surface area contributed by atoms with Crippen molar-refractivity contribution in [3.05, 3.63) is 40.5 Å². The van der Waals surface area contributed by atoms with Crippen LogP contribution >= 0.6 is 11.6 Å². The molecule has 0 bridgehead atoms. The zero-order valence-electron chi connectivity index (χ0n) is 7.55. The molecular formula is C11H9ClN2. The van der Waals surface area contributed by atoms with Crippen LogP contribution in [-0.2, 0) is 13.1 Å². The molecule has 3 rings (SSSR count). The predicted octanol–water partition coefficient (Wildman–Crippen LogP) is 2.49. The first kappa shape index (κ1) is 8.21. The largest absolute Gasteiger partial charge is 0.309 e. The Kier molecular flexibility index (Phi) is 1.72. The highest BCUT2D eigenvalue weighted by Crippen LogP contribution is 2.25. The van der Waals surface area contributed by atoms with E-state index in [0.717, 1.165) is 23.6 Å². The van der Waals surface area contributed by atoms with E-state index in [1.165, 1.54) is 16.5 Å². The number of hydrogen-bond donors (Lipinski definition) is 1. The average molecular weight is 205 g/mol. The van der Waals surface area contributed by atoms with Gasteiger partial charge in [0.1, 0.15) is 0 Å². The Labute approximate surface area is 86.9 Å². The van der Waals surface area contributed by atoms with Gasteiger partial charge in [0.2, 0.25) is 0 Å². The molecule has 0 fully saturated rings. The molecule has 2 heterocycles. The SMILES string of the molecule is Clc1ccc2c3c(cnc2c1)CNC3. The zero-order valence-corrected chi connectivity index (χ0v) is 8.30. The van der Waals surface area contributed by atoms with Crippen LogP contribution in [0.25, 0.3) is 10.9 Å². The van der Waals surface area contributed by atoms with Crippen molar-refractivity contribution in [2.45, 2.75) is 13.1 Å². The Balaban J connectivity index is 2.39. The van der Waals surface area contributed by atoms with E-state index in [9.17, 15) is 0 Å². The van der Waals surface area contributed by atoms with Gasteiger partial charge in [0.15, 0.2) is 0 Å². The minimum atomic E-state index is 0.746. The molecule has 3 heteroatoms. The minimum absolute atomic E-state index is 0.746. The van der Waals surface area contributed by atoms with Crippen molar-refractivity contribution in [2.24, 2.45) is 0 Å². The topological polar surface area (TPSA) is 24.9 Å². The monoisotopic (exact) mass is 204 g/mol. The van der Waals surface area contributed by atoms with Crippen molar-refractivity contribution in [3.8, 4) is 0 Å². The van der Waals surface area contributed by atoms with Crippen LogP contribution in [0, 0.1) is 0 Å². The fraction of sp³-hybridized carbons (Fsp3) is 0.182. The molecule has 14 heavy (non-hydrogen) atoms. The number of fused-ring (bicyclic) bond motifs is 3. The molecule has 0 radical (unpaired) electrons. The molecule has 1 aromatic carbocycles. The van der Waals surface area contributed by atoms with Crippen molar-refractivity contribution in [1.82, 2.24) is 10.3 Å². The van der Waals surface area contributed by atoms with E-state index < -0.39 is 0 Å². The number of aromatic nitrogens is 1. The molecule has 0 unspecified atom stereocenters. The van der Waals surface area contributed by atoms with Gasteiger partial charge in [-0.3, -0.25) is 4.98 Å². The average Bonchev–Trinajstić information content (AvgIpc) is 2.65. The van der Waals surface area contributed by atoms with Gasteiger partial charge in [0.05, 0.1) is 5.52 Å². The van der Waals surface area contributed by atoms with Gasteiger partial charge in [-0.1, -0.05) is 17.7 Å². The van der Waals surface area contributed by atoms with Crippen LogP contribution in [0.15, 0.2) is 24.4 Å². The first-order valence-electron chi connectivity index (χ1n) is 4.61. The fourth-order valence-electron chi connectivity index (χ4n) is 1.95. The lowest BCUT2D eigenvalue weighted by Gasteiger charge is -2.03. The van der Waals surface area contributed by atoms with Crippen molar-refractivity contribution in [3.63, 3.8) is 0 Å². The molecule has 0 aliphatic carbocycles. The summed E-state index contributed by atoms with van der Waals surface area (Å²) in [5.74, 6) is 0. The quantitative estimate of drug-likeness (QED) is 0.713. The van der Waals surface area contributed by atoms with E-state index >= 15 is 0 Å². The number of hydrogen-bond acceptors (Lipinski definition) is 2. The minimum Gasteiger partial charge on any atom is -0.309 e. The van der Waals surface area contributed by atoms with Gasteiger partial charge in [-0.15, -0.1) is 0 Å². The van der Waals surface area contributed by atoms with E-state index in [-0.39, 0.29) is 0 Å². The lowest BCUT2D eigenvalue weighted by molar-refractivity contribution is 0.765. The molecule has 1 N–H and O–H groups in total. The zero-order chi connectivity index (χ0) is 9.54. The third-order valence-corrected chi connectivity index (χ3v) is 2.88. The van der Waals surface area contributed by atoms with Crippen molar-refractivity contribution < 1.29 is 0 Å². The Bertz CT molecular complexity index is 508. The molecule has 2 nitrogen and oxygen atoms in total. The van der Waals surface area contributed by atoms with Gasteiger partial charge in [-0.25, -0.2) is 0 Å². The summed E-state index contributed by atoms with van der Waals surface area (Å²) in [6.45, 7) is 1.87. The Morgan fingerprint density at radius 3 is 3.14 bits per heavy atom. The summed E-state index contributed by atoms with van der Waals surface area (Å²) in [5, 5.41) is 5.29. The van der Waals surface area contributed by atoms with Gasteiger partial charge >= 0.3 is 0 Å². The number of benzene rings is 1. The van der Waals surface area contributed by atoms with Crippen LogP contribution in [0.2, 0.25) is 5.02 Å². The van der Waals surface area contributed by atoms with Gasteiger partial charge < -0.3 is 5.32 Å². The number of pyridine rings is 1. The number of nitrogens with one attached hydrogen (secondary N) is 1. The standard InChI is InChI=1S/C11H9ClN2/c12-8-1-2-9-10-6-13-4-7(10)5-14-11(9)3-8/h1-3,5,13H,4,6H2. The lowest BCUT2D eigenvalue weighted by Crippen LogP contribution is -2.00. The summed E-state index contributed by atoms with van der Waals surface area (Å²) >= 11 is 5.91. The molecule has 70 valence electrons. The van der Waals surface area contributed by atoms with Gasteiger partial charge in [0, 0.05) is 29.7 Å². The van der Waals surface area contributed by atoms with Crippen LogP contribution in [0.3, 0.4) is 0 Å². The van der Waals surface area contributed by atoms with Crippen LogP contribution in [0.1, 0.15) is 11.1 Å². The van der Waals surface area contributed by atoms with E-state index in [4.69, 9.17) is 11.6 Å². The number of halogens is 1. The summed E-state index contributed by atoms with van der Waals surface area (Å²) in [6.07, 6.45) is 1.94. The maximum atomic E-state index is 5.91. The highest BCUT2D eigenvalue weighted by Gasteiger charge is 2.13. The Hall–Kier alpha value is -1.12. The van der Waals surface area contributed by atoms with Gasteiger partial charge in [-0.2, -0.15) is 0 Å². The van der Waals surface area contributed by atoms with E-state index in [1.54, 1.807) is 0 Å². The Morgan fingerprint density at radius 1 is 1.29 bits per heavy atom. The predicted molar refractivity (Wildman–Crippen MR) is 57.3 cm³/mol. The molecule has 0 amide bonds. The molecule has 0 atom stereocenters. The third-order valence-electron chi connectivity index (χ3n) is 2.65. The highest BCUT2D eigenvalue weighted by atomic mass is 35.5. The van der Waals surface area contributed by atoms with E-state index in [1.807, 2.05) is 18.3 Å². The molecule has 1 aliphatic heterocycles. The molecule has 0 saturated carbocycles. The molecular weight excluding hydrogens is 196 g/mol. The smallest absolute Gasteiger partial charge is 0.0720 e. The summed E-state index contributed by atoms with van der Waals surface area (Å²) in [7, 11) is 0. The first-order valence-corrected chi connectivity index (χ1v) is 4.99. The van der Waals surface area contributed by atoms with E-state index in [2.05, 4.69) is 16.4 Å². The molecule has 2 aromatic rings. The number of rotatable bonds is 0. The fourth-order valence-corrected chi connectivity index (χ4v) is 2.11. The van der Waals surface area contributed by atoms with Gasteiger partial charge in [0.25, 0.3) is 0 Å². The summed E-state index contributed by atoms with van der Waals surface area (Å²) in [5.41, 5.74) is 3.66. The van der Waals surface area contributed by atoms with Crippen molar-refractivity contribution in [1.29, 1.82) is 0 Å². The first-order chi connectivity index (χ1) is 6.84. The summed E-state index contributed by atoms with van der Waals surface area (Å²) < 4.78 is 0. The Morgan fingerprint density at radius 2 is 2.21 bits per heavy atom. The molecule has 1 aromatic heterocycles. The molecule has 0 saturated heterocycles. The molecule has 1 aliphatic rings. The highest BCUT2D eigenvalue weighted by molar-refractivity contribution is 6.31. The van der Waals surface area contributed by atoms with Crippen LogP contribution < -0.4 is 5.32 Å². The van der Waals surface area contributed by atoms with Crippen LogP contribution in [0.4, 0.5) is 0 Å². The second kappa shape index (κ2) is 2.94. The van der Waals surface area contributed by atoms with Crippen LogP contribution in [-0.4, -0.2) is 4.98 Å². The van der Waals surface area contributed by atoms with Crippen molar-refractivity contribution >= 4 is 22.5 Å². The third kappa shape index (κ3) is 1.11.